The molecule has 2 aromatic heterocycles. The first-order valence-corrected chi connectivity index (χ1v) is 8.97. The molecule has 1 atom stereocenters. The Labute approximate surface area is 130 Å². The summed E-state index contributed by atoms with van der Waals surface area (Å²) in [4.78, 5) is 13.4. The Hall–Kier alpha value is -1.20. The molecule has 4 nitrogen and oxygen atoms in total. The molecule has 21 heavy (non-hydrogen) atoms. The minimum Gasteiger partial charge on any atom is -0.369 e. The Kier molecular flexibility index (Phi) is 4.70. The zero-order chi connectivity index (χ0) is 14.7. The van der Waals surface area contributed by atoms with Gasteiger partial charge in [0.2, 0.25) is 0 Å². The fourth-order valence-corrected chi connectivity index (χ4v) is 4.40. The maximum atomic E-state index is 4.50. The van der Waals surface area contributed by atoms with E-state index in [1.165, 1.54) is 61.1 Å². The summed E-state index contributed by atoms with van der Waals surface area (Å²) in [6, 6.07) is 0. The number of hydrogen-bond donors (Lipinski definition) is 2. The van der Waals surface area contributed by atoms with E-state index in [-0.39, 0.29) is 0 Å². The maximum Gasteiger partial charge on any atom is 0.138 e. The van der Waals surface area contributed by atoms with Gasteiger partial charge in [0, 0.05) is 13.0 Å². The summed E-state index contributed by atoms with van der Waals surface area (Å²) in [5, 5.41) is 4.81. The Morgan fingerprint density at radius 3 is 3.00 bits per heavy atom. The molecule has 2 N–H and O–H groups in total. The number of anilines is 1. The van der Waals surface area contributed by atoms with Gasteiger partial charge >= 0.3 is 0 Å². The van der Waals surface area contributed by atoms with E-state index < -0.39 is 0 Å². The van der Waals surface area contributed by atoms with E-state index in [1.54, 1.807) is 11.2 Å². The van der Waals surface area contributed by atoms with Crippen molar-refractivity contribution in [3.8, 4) is 0 Å². The lowest BCUT2D eigenvalue weighted by Crippen LogP contribution is -3.11. The van der Waals surface area contributed by atoms with Crippen LogP contribution in [0.3, 0.4) is 0 Å². The SMILES string of the molecule is CCCCNc1ncnc2sc3c(c12)CC[NH+](CCC)C3. The zero-order valence-electron chi connectivity index (χ0n) is 13.0. The molecule has 5 heteroatoms. The molecule has 0 aromatic carbocycles. The van der Waals surface area contributed by atoms with Gasteiger partial charge in [-0.1, -0.05) is 20.3 Å². The fourth-order valence-electron chi connectivity index (χ4n) is 3.15. The number of nitrogens with zero attached hydrogens (tertiary/aromatic N) is 2. The van der Waals surface area contributed by atoms with E-state index in [9.17, 15) is 0 Å². The summed E-state index contributed by atoms with van der Waals surface area (Å²) in [5.74, 6) is 1.05. The van der Waals surface area contributed by atoms with Crippen LogP contribution in [0.15, 0.2) is 6.33 Å². The first kappa shape index (κ1) is 14.7. The highest BCUT2D eigenvalue weighted by Crippen LogP contribution is 2.34. The number of hydrogen-bond acceptors (Lipinski definition) is 4. The third-order valence-electron chi connectivity index (χ3n) is 4.24. The van der Waals surface area contributed by atoms with Crippen molar-refractivity contribution in [2.75, 3.05) is 25.0 Å². The topological polar surface area (TPSA) is 42.2 Å². The van der Waals surface area contributed by atoms with Gasteiger partial charge in [-0.25, -0.2) is 9.97 Å². The van der Waals surface area contributed by atoms with E-state index in [1.807, 2.05) is 11.3 Å². The Balaban J connectivity index is 1.90. The average Bonchev–Trinajstić information content (AvgIpc) is 2.86. The van der Waals surface area contributed by atoms with Gasteiger partial charge in [-0.15, -0.1) is 11.3 Å². The highest BCUT2D eigenvalue weighted by Gasteiger charge is 2.25. The Bertz CT molecular complexity index is 608. The highest BCUT2D eigenvalue weighted by atomic mass is 32.1. The van der Waals surface area contributed by atoms with Crippen LogP contribution in [-0.2, 0) is 13.0 Å². The monoisotopic (exact) mass is 305 g/mol. The molecule has 0 saturated heterocycles. The largest absolute Gasteiger partial charge is 0.369 e. The summed E-state index contributed by atoms with van der Waals surface area (Å²) >= 11 is 1.87. The molecule has 0 bridgehead atoms. The maximum absolute atomic E-state index is 4.50. The second-order valence-electron chi connectivity index (χ2n) is 5.86. The standard InChI is InChI=1S/C16H24N4S/c1-3-5-7-17-15-14-12-6-9-20(8-4-2)10-13(12)21-16(14)19-11-18-15/h11H,3-10H2,1-2H3,(H,17,18,19)/p+1. The lowest BCUT2D eigenvalue weighted by Gasteiger charge is -2.23. The molecule has 1 aliphatic heterocycles. The fraction of sp³-hybridized carbons (Fsp3) is 0.625. The predicted molar refractivity (Wildman–Crippen MR) is 89.2 cm³/mol. The predicted octanol–water partition coefficient (Wildman–Crippen LogP) is 2.25. The number of fused-ring (bicyclic) bond motifs is 3. The van der Waals surface area contributed by atoms with Crippen LogP contribution < -0.4 is 10.2 Å². The number of quaternary nitrogens is 1. The van der Waals surface area contributed by atoms with Crippen LogP contribution in [0, 0.1) is 0 Å². The highest BCUT2D eigenvalue weighted by molar-refractivity contribution is 7.18. The van der Waals surface area contributed by atoms with Crippen LogP contribution in [0.25, 0.3) is 10.2 Å². The molecule has 0 spiro atoms. The number of thiophene rings is 1. The summed E-state index contributed by atoms with van der Waals surface area (Å²) < 4.78 is 0. The van der Waals surface area contributed by atoms with Gasteiger partial charge in [0.1, 0.15) is 23.5 Å². The Morgan fingerprint density at radius 2 is 2.19 bits per heavy atom. The second kappa shape index (κ2) is 6.71. The first-order chi connectivity index (χ1) is 10.3. The minimum absolute atomic E-state index is 1.00. The van der Waals surface area contributed by atoms with Crippen molar-refractivity contribution in [2.45, 2.75) is 46.1 Å². The van der Waals surface area contributed by atoms with Crippen molar-refractivity contribution in [1.29, 1.82) is 0 Å². The number of aromatic nitrogens is 2. The van der Waals surface area contributed by atoms with Gasteiger partial charge in [-0.2, -0.15) is 0 Å². The summed E-state index contributed by atoms with van der Waals surface area (Å²) in [6.07, 6.45) is 6.53. The smallest absolute Gasteiger partial charge is 0.138 e. The molecular formula is C16H25N4S+. The van der Waals surface area contributed by atoms with Gasteiger partial charge in [-0.3, -0.25) is 0 Å². The number of unbranched alkanes of at least 4 members (excludes halogenated alkanes) is 1. The van der Waals surface area contributed by atoms with Crippen molar-refractivity contribution in [1.82, 2.24) is 9.97 Å². The van der Waals surface area contributed by atoms with Crippen molar-refractivity contribution in [2.24, 2.45) is 0 Å². The molecule has 0 saturated carbocycles. The van der Waals surface area contributed by atoms with Crippen molar-refractivity contribution >= 4 is 27.4 Å². The van der Waals surface area contributed by atoms with Crippen LogP contribution in [-0.4, -0.2) is 29.6 Å². The summed E-state index contributed by atoms with van der Waals surface area (Å²) in [7, 11) is 0. The molecule has 0 radical (unpaired) electrons. The van der Waals surface area contributed by atoms with Crippen molar-refractivity contribution in [3.63, 3.8) is 0 Å². The quantitative estimate of drug-likeness (QED) is 0.805. The third-order valence-corrected chi connectivity index (χ3v) is 5.38. The van der Waals surface area contributed by atoms with Crippen LogP contribution >= 0.6 is 11.3 Å². The first-order valence-electron chi connectivity index (χ1n) is 8.16. The van der Waals surface area contributed by atoms with E-state index >= 15 is 0 Å². The van der Waals surface area contributed by atoms with Crippen LogP contribution in [0.2, 0.25) is 0 Å². The van der Waals surface area contributed by atoms with Crippen molar-refractivity contribution < 1.29 is 4.90 Å². The van der Waals surface area contributed by atoms with Gasteiger partial charge in [-0.05, 0) is 18.4 Å². The zero-order valence-corrected chi connectivity index (χ0v) is 13.9. The molecule has 1 unspecified atom stereocenters. The van der Waals surface area contributed by atoms with Gasteiger partial charge in [0.15, 0.2) is 0 Å². The summed E-state index contributed by atoms with van der Waals surface area (Å²) in [5.41, 5.74) is 1.51. The minimum atomic E-state index is 1.00. The molecule has 3 rings (SSSR count). The molecule has 3 heterocycles. The molecule has 2 aromatic rings. The van der Waals surface area contributed by atoms with Gasteiger partial charge in [0.25, 0.3) is 0 Å². The average molecular weight is 305 g/mol. The Morgan fingerprint density at radius 1 is 1.29 bits per heavy atom. The van der Waals surface area contributed by atoms with Gasteiger partial charge in [0.05, 0.1) is 23.4 Å². The molecule has 1 aliphatic rings. The second-order valence-corrected chi connectivity index (χ2v) is 6.95. The van der Waals surface area contributed by atoms with Gasteiger partial charge < -0.3 is 10.2 Å². The van der Waals surface area contributed by atoms with E-state index in [0.717, 1.165) is 17.2 Å². The van der Waals surface area contributed by atoms with E-state index in [0.29, 0.717) is 0 Å². The summed E-state index contributed by atoms with van der Waals surface area (Å²) in [6.45, 7) is 9.18. The normalized spacial score (nSPS) is 17.9. The van der Waals surface area contributed by atoms with Crippen LogP contribution in [0.4, 0.5) is 5.82 Å². The van der Waals surface area contributed by atoms with Crippen LogP contribution in [0.1, 0.15) is 43.6 Å². The number of rotatable bonds is 6. The molecule has 0 amide bonds. The molecule has 0 fully saturated rings. The third kappa shape index (κ3) is 3.04. The molecular weight excluding hydrogens is 280 g/mol. The molecule has 114 valence electrons. The number of nitrogens with one attached hydrogen (secondary N) is 2. The molecule has 0 aliphatic carbocycles. The lowest BCUT2D eigenvalue weighted by molar-refractivity contribution is -0.915. The van der Waals surface area contributed by atoms with E-state index in [4.69, 9.17) is 0 Å². The van der Waals surface area contributed by atoms with E-state index in [2.05, 4.69) is 29.1 Å². The van der Waals surface area contributed by atoms with Crippen molar-refractivity contribution in [3.05, 3.63) is 16.8 Å². The lowest BCUT2D eigenvalue weighted by atomic mass is 10.0. The van der Waals surface area contributed by atoms with Crippen LogP contribution in [0.5, 0.6) is 0 Å².